The highest BCUT2D eigenvalue weighted by atomic mass is 19.4. The summed E-state index contributed by atoms with van der Waals surface area (Å²) in [5.74, 6) is -3.13. The first-order chi connectivity index (χ1) is 13.5. The number of hydrogen-bond donors (Lipinski definition) is 0. The van der Waals surface area contributed by atoms with Gasteiger partial charge in [-0.1, -0.05) is 43.3 Å². The molecule has 0 aliphatic heterocycles. The van der Waals surface area contributed by atoms with E-state index < -0.39 is 42.0 Å². The van der Waals surface area contributed by atoms with Crippen molar-refractivity contribution in [3.63, 3.8) is 0 Å². The third kappa shape index (κ3) is 4.04. The molecule has 1 aliphatic rings. The Kier molecular flexibility index (Phi) is 5.52. The summed E-state index contributed by atoms with van der Waals surface area (Å²) in [6.45, 7) is 2.19. The zero-order valence-electron chi connectivity index (χ0n) is 15.9. The van der Waals surface area contributed by atoms with Crippen molar-refractivity contribution in [1.82, 2.24) is 0 Å². The molecule has 0 aromatic heterocycles. The summed E-state index contributed by atoms with van der Waals surface area (Å²) in [6, 6.07) is 10.8. The van der Waals surface area contributed by atoms with Crippen LogP contribution in [0.25, 0.3) is 5.57 Å². The van der Waals surface area contributed by atoms with Gasteiger partial charge in [-0.05, 0) is 48.1 Å². The van der Waals surface area contributed by atoms with Crippen molar-refractivity contribution in [3.8, 4) is 0 Å². The number of ether oxygens (including phenoxy) is 1. The Morgan fingerprint density at radius 3 is 2.34 bits per heavy atom. The smallest absolute Gasteiger partial charge is 0.394 e. The minimum absolute atomic E-state index is 0.0410. The Morgan fingerprint density at radius 1 is 1.07 bits per heavy atom. The number of carbonyl (C=O) groups is 1. The van der Waals surface area contributed by atoms with Crippen LogP contribution in [0, 0.1) is 24.0 Å². The van der Waals surface area contributed by atoms with Gasteiger partial charge in [0.25, 0.3) is 0 Å². The SMILES string of the molecule is Cc1c(C2=C(C(=O)OCc3ccccc3)C[C@](C)(C(F)(F)F)C2)ccc(F)c1F. The fourth-order valence-corrected chi connectivity index (χ4v) is 3.50. The second-order valence-electron chi connectivity index (χ2n) is 7.46. The lowest BCUT2D eigenvalue weighted by Gasteiger charge is -2.27. The van der Waals surface area contributed by atoms with Gasteiger partial charge in [-0.15, -0.1) is 0 Å². The topological polar surface area (TPSA) is 26.3 Å². The standard InChI is InChI=1S/C22H19F5O2/c1-13-15(8-9-18(23)19(13)24)16-10-21(2,22(25,26)27)11-17(16)20(28)29-12-14-6-4-3-5-7-14/h3-9H,10-12H2,1-2H3/t21-/m1/s1. The summed E-state index contributed by atoms with van der Waals surface area (Å²) in [5, 5.41) is 0. The average Bonchev–Trinajstić information content (AvgIpc) is 3.04. The highest BCUT2D eigenvalue weighted by Crippen LogP contribution is 2.55. The van der Waals surface area contributed by atoms with Gasteiger partial charge in [0.15, 0.2) is 11.6 Å². The number of hydrogen-bond acceptors (Lipinski definition) is 2. The molecular formula is C22H19F5O2. The van der Waals surface area contributed by atoms with Crippen LogP contribution in [0.1, 0.15) is 36.5 Å². The van der Waals surface area contributed by atoms with E-state index in [0.717, 1.165) is 13.0 Å². The maximum atomic E-state index is 14.0. The maximum absolute atomic E-state index is 14.0. The molecule has 0 bridgehead atoms. The lowest BCUT2D eigenvalue weighted by molar-refractivity contribution is -0.213. The van der Waals surface area contributed by atoms with Crippen molar-refractivity contribution >= 4 is 11.5 Å². The number of halogens is 5. The molecule has 29 heavy (non-hydrogen) atoms. The van der Waals surface area contributed by atoms with E-state index in [1.807, 2.05) is 0 Å². The van der Waals surface area contributed by atoms with E-state index in [4.69, 9.17) is 4.74 Å². The quantitative estimate of drug-likeness (QED) is 0.448. The van der Waals surface area contributed by atoms with Gasteiger partial charge in [0.05, 0.1) is 5.41 Å². The van der Waals surface area contributed by atoms with Crippen molar-refractivity contribution in [2.75, 3.05) is 0 Å². The summed E-state index contributed by atoms with van der Waals surface area (Å²) >= 11 is 0. The molecule has 0 amide bonds. The van der Waals surface area contributed by atoms with Crippen LogP contribution in [-0.2, 0) is 16.1 Å². The number of benzene rings is 2. The normalized spacial score (nSPS) is 19.6. The van der Waals surface area contributed by atoms with Gasteiger partial charge < -0.3 is 4.74 Å². The van der Waals surface area contributed by atoms with E-state index in [1.165, 1.54) is 13.0 Å². The zero-order chi connectivity index (χ0) is 21.4. The van der Waals surface area contributed by atoms with E-state index in [1.54, 1.807) is 30.3 Å². The number of rotatable bonds is 4. The molecule has 0 saturated carbocycles. The third-order valence-electron chi connectivity index (χ3n) is 5.31. The van der Waals surface area contributed by atoms with Crippen LogP contribution < -0.4 is 0 Å². The van der Waals surface area contributed by atoms with Crippen molar-refractivity contribution in [2.45, 2.75) is 39.5 Å². The van der Waals surface area contributed by atoms with Crippen molar-refractivity contribution in [3.05, 3.63) is 76.4 Å². The minimum atomic E-state index is -4.58. The summed E-state index contributed by atoms with van der Waals surface area (Å²) in [7, 11) is 0. The lowest BCUT2D eigenvalue weighted by atomic mass is 9.84. The van der Waals surface area contributed by atoms with Crippen LogP contribution in [0.3, 0.4) is 0 Å². The Bertz CT molecular complexity index is 963. The van der Waals surface area contributed by atoms with Crippen LogP contribution in [0.5, 0.6) is 0 Å². The van der Waals surface area contributed by atoms with Gasteiger partial charge in [-0.3, -0.25) is 0 Å². The van der Waals surface area contributed by atoms with Gasteiger partial charge >= 0.3 is 12.1 Å². The Hall–Kier alpha value is -2.70. The third-order valence-corrected chi connectivity index (χ3v) is 5.31. The van der Waals surface area contributed by atoms with Crippen LogP contribution in [-0.4, -0.2) is 12.1 Å². The molecule has 0 heterocycles. The predicted molar refractivity (Wildman–Crippen MR) is 97.6 cm³/mol. The Balaban J connectivity index is 1.99. The van der Waals surface area contributed by atoms with Crippen molar-refractivity contribution < 1.29 is 31.5 Å². The number of alkyl halides is 3. The molecule has 0 radical (unpaired) electrons. The van der Waals surface area contributed by atoms with E-state index in [2.05, 4.69) is 0 Å². The molecule has 0 fully saturated rings. The van der Waals surface area contributed by atoms with E-state index in [-0.39, 0.29) is 28.9 Å². The lowest BCUT2D eigenvalue weighted by Crippen LogP contribution is -2.33. The number of allylic oxidation sites excluding steroid dienone is 1. The molecule has 1 aliphatic carbocycles. The van der Waals surface area contributed by atoms with Crippen LogP contribution in [0.4, 0.5) is 22.0 Å². The van der Waals surface area contributed by atoms with Crippen molar-refractivity contribution in [1.29, 1.82) is 0 Å². The molecular weight excluding hydrogens is 391 g/mol. The molecule has 3 rings (SSSR count). The van der Waals surface area contributed by atoms with Gasteiger partial charge in [-0.2, -0.15) is 13.2 Å². The van der Waals surface area contributed by atoms with Crippen LogP contribution in [0.2, 0.25) is 0 Å². The number of carbonyl (C=O) groups excluding carboxylic acids is 1. The zero-order valence-corrected chi connectivity index (χ0v) is 15.9. The average molecular weight is 410 g/mol. The molecule has 2 nitrogen and oxygen atoms in total. The molecule has 2 aromatic carbocycles. The predicted octanol–water partition coefficient (Wildman–Crippen LogP) is 6.13. The molecule has 2 aromatic rings. The summed E-state index contributed by atoms with van der Waals surface area (Å²) in [5.41, 5.74) is -1.68. The first kappa shape index (κ1) is 21.0. The Morgan fingerprint density at radius 2 is 1.72 bits per heavy atom. The monoisotopic (exact) mass is 410 g/mol. The Labute approximate surface area is 165 Å². The van der Waals surface area contributed by atoms with E-state index in [0.29, 0.717) is 5.56 Å². The van der Waals surface area contributed by atoms with Crippen molar-refractivity contribution in [2.24, 2.45) is 5.41 Å². The van der Waals surface area contributed by atoms with Gasteiger partial charge in [-0.25, -0.2) is 13.6 Å². The molecule has 0 N–H and O–H groups in total. The second kappa shape index (κ2) is 7.61. The summed E-state index contributed by atoms with van der Waals surface area (Å²) in [6.07, 6.45) is -5.68. The maximum Gasteiger partial charge on any atom is 0.394 e. The van der Waals surface area contributed by atoms with E-state index >= 15 is 0 Å². The first-order valence-corrected chi connectivity index (χ1v) is 8.98. The van der Waals surface area contributed by atoms with Gasteiger partial charge in [0.2, 0.25) is 0 Å². The van der Waals surface area contributed by atoms with E-state index in [9.17, 15) is 26.7 Å². The fourth-order valence-electron chi connectivity index (χ4n) is 3.50. The number of esters is 1. The molecule has 0 spiro atoms. The highest BCUT2D eigenvalue weighted by Gasteiger charge is 2.56. The first-order valence-electron chi connectivity index (χ1n) is 8.98. The molecule has 0 unspecified atom stereocenters. The molecule has 7 heteroatoms. The largest absolute Gasteiger partial charge is 0.457 e. The van der Waals surface area contributed by atoms with Gasteiger partial charge in [0, 0.05) is 5.57 Å². The summed E-state index contributed by atoms with van der Waals surface area (Å²) < 4.78 is 73.7. The summed E-state index contributed by atoms with van der Waals surface area (Å²) in [4.78, 5) is 12.7. The van der Waals surface area contributed by atoms with Crippen LogP contribution >= 0.6 is 0 Å². The second-order valence-corrected chi connectivity index (χ2v) is 7.46. The molecule has 0 saturated heterocycles. The highest BCUT2D eigenvalue weighted by molar-refractivity contribution is 5.99. The molecule has 154 valence electrons. The van der Waals surface area contributed by atoms with Crippen LogP contribution in [0.15, 0.2) is 48.0 Å². The fraction of sp³-hybridized carbons (Fsp3) is 0.318. The molecule has 1 atom stereocenters. The van der Waals surface area contributed by atoms with Gasteiger partial charge in [0.1, 0.15) is 6.61 Å². The minimum Gasteiger partial charge on any atom is -0.457 e.